The Kier molecular flexibility index (Phi) is 3.91. The summed E-state index contributed by atoms with van der Waals surface area (Å²) in [6.07, 6.45) is 6.28. The molecule has 0 saturated carbocycles. The molecule has 16 heavy (non-hydrogen) atoms. The molecule has 0 spiro atoms. The largest absolute Gasteiger partial charge is 0.307 e. The summed E-state index contributed by atoms with van der Waals surface area (Å²) in [6.45, 7) is 4.63. The monoisotopic (exact) mass is 219 g/mol. The minimum absolute atomic E-state index is 0.405. The van der Waals surface area contributed by atoms with Crippen LogP contribution in [0.5, 0.6) is 0 Å². The van der Waals surface area contributed by atoms with E-state index in [9.17, 15) is 0 Å². The van der Waals surface area contributed by atoms with Gasteiger partial charge in [0.2, 0.25) is 0 Å². The van der Waals surface area contributed by atoms with Crippen LogP contribution >= 0.6 is 0 Å². The number of nitrogens with zero attached hydrogens (tertiary/aromatic N) is 2. The van der Waals surface area contributed by atoms with Gasteiger partial charge in [-0.05, 0) is 51.5 Å². The maximum absolute atomic E-state index is 4.16. The molecule has 1 fully saturated rings. The second-order valence-corrected chi connectivity index (χ2v) is 4.75. The third-order valence-corrected chi connectivity index (χ3v) is 3.39. The topological polar surface area (TPSA) is 28.2 Å². The zero-order valence-electron chi connectivity index (χ0n) is 10.2. The van der Waals surface area contributed by atoms with Crippen LogP contribution in [-0.2, 0) is 0 Å². The number of hydrogen-bond acceptors (Lipinski definition) is 3. The van der Waals surface area contributed by atoms with Crippen LogP contribution in [0.25, 0.3) is 0 Å². The summed E-state index contributed by atoms with van der Waals surface area (Å²) < 4.78 is 0. The minimum Gasteiger partial charge on any atom is -0.307 e. The summed E-state index contributed by atoms with van der Waals surface area (Å²) in [5, 5.41) is 3.69. The van der Waals surface area contributed by atoms with Crippen LogP contribution in [0.2, 0.25) is 0 Å². The van der Waals surface area contributed by atoms with Gasteiger partial charge in [0.1, 0.15) is 0 Å². The maximum Gasteiger partial charge on any atom is 0.0315 e. The third kappa shape index (κ3) is 3.03. The molecule has 0 radical (unpaired) electrons. The number of aromatic nitrogens is 1. The van der Waals surface area contributed by atoms with Crippen molar-refractivity contribution >= 4 is 0 Å². The first kappa shape index (κ1) is 11.6. The van der Waals surface area contributed by atoms with Crippen molar-refractivity contribution in [1.29, 1.82) is 0 Å². The predicted octanol–water partition coefficient (Wildman–Crippen LogP) is 1.83. The van der Waals surface area contributed by atoms with Crippen molar-refractivity contribution in [1.82, 2.24) is 15.2 Å². The highest BCUT2D eigenvalue weighted by atomic mass is 15.1. The Balaban J connectivity index is 1.86. The Labute approximate surface area is 97.9 Å². The van der Waals surface area contributed by atoms with Crippen LogP contribution in [0, 0.1) is 0 Å². The number of nitrogens with one attached hydrogen (secondary N) is 1. The maximum atomic E-state index is 4.16. The van der Waals surface area contributed by atoms with Crippen LogP contribution in [0.4, 0.5) is 0 Å². The van der Waals surface area contributed by atoms with Crippen molar-refractivity contribution in [3.8, 4) is 0 Å². The zero-order chi connectivity index (χ0) is 11.4. The molecule has 0 aromatic carbocycles. The Hall–Kier alpha value is -0.930. The highest BCUT2D eigenvalue weighted by molar-refractivity contribution is 5.13. The molecule has 0 unspecified atom stereocenters. The summed E-state index contributed by atoms with van der Waals surface area (Å²) in [5.41, 5.74) is 1.28. The summed E-state index contributed by atoms with van der Waals surface area (Å²) in [5.74, 6) is 0. The zero-order valence-corrected chi connectivity index (χ0v) is 10.2. The molecule has 1 aliphatic rings. The molecule has 1 aromatic heterocycles. The third-order valence-electron chi connectivity index (χ3n) is 3.39. The van der Waals surface area contributed by atoms with Crippen molar-refractivity contribution in [3.05, 3.63) is 30.1 Å². The van der Waals surface area contributed by atoms with E-state index in [1.54, 1.807) is 0 Å². The molecule has 1 N–H and O–H groups in total. The van der Waals surface area contributed by atoms with E-state index in [0.29, 0.717) is 12.1 Å². The van der Waals surface area contributed by atoms with Crippen LogP contribution in [0.15, 0.2) is 24.5 Å². The first-order chi connectivity index (χ1) is 7.75. The van der Waals surface area contributed by atoms with Gasteiger partial charge in [0.05, 0.1) is 0 Å². The number of likely N-dealkylation sites (tertiary alicyclic amines) is 1. The van der Waals surface area contributed by atoms with E-state index in [1.165, 1.54) is 31.5 Å². The molecular weight excluding hydrogens is 198 g/mol. The van der Waals surface area contributed by atoms with Crippen molar-refractivity contribution in [2.75, 3.05) is 20.1 Å². The average Bonchev–Trinajstić information content (AvgIpc) is 2.33. The van der Waals surface area contributed by atoms with Gasteiger partial charge in [0.15, 0.2) is 0 Å². The van der Waals surface area contributed by atoms with Crippen molar-refractivity contribution < 1.29 is 0 Å². The molecule has 2 heterocycles. The summed E-state index contributed by atoms with van der Waals surface area (Å²) in [6, 6.07) is 5.20. The number of rotatable bonds is 3. The lowest BCUT2D eigenvalue weighted by Crippen LogP contribution is -2.41. The molecule has 0 bridgehead atoms. The van der Waals surface area contributed by atoms with E-state index in [0.717, 1.165) is 0 Å². The first-order valence-electron chi connectivity index (χ1n) is 6.10. The SMILES string of the molecule is C[C@H](NC1CCN(C)CC1)c1cccnc1. The Bertz CT molecular complexity index is 304. The Morgan fingerprint density at radius 2 is 2.19 bits per heavy atom. The summed E-state index contributed by atoms with van der Waals surface area (Å²) >= 11 is 0. The Morgan fingerprint density at radius 1 is 1.44 bits per heavy atom. The molecule has 1 atom stereocenters. The van der Waals surface area contributed by atoms with Gasteiger partial charge in [-0.1, -0.05) is 6.07 Å². The van der Waals surface area contributed by atoms with E-state index in [-0.39, 0.29) is 0 Å². The van der Waals surface area contributed by atoms with Gasteiger partial charge in [-0.3, -0.25) is 4.98 Å². The molecule has 1 saturated heterocycles. The van der Waals surface area contributed by atoms with Crippen LogP contribution < -0.4 is 5.32 Å². The van der Waals surface area contributed by atoms with Crippen molar-refractivity contribution in [3.63, 3.8) is 0 Å². The highest BCUT2D eigenvalue weighted by Crippen LogP contribution is 2.15. The number of piperidine rings is 1. The fourth-order valence-electron chi connectivity index (χ4n) is 2.26. The minimum atomic E-state index is 0.405. The average molecular weight is 219 g/mol. The van der Waals surface area contributed by atoms with E-state index in [4.69, 9.17) is 0 Å². The second-order valence-electron chi connectivity index (χ2n) is 4.75. The lowest BCUT2D eigenvalue weighted by Gasteiger charge is -2.31. The smallest absolute Gasteiger partial charge is 0.0315 e. The highest BCUT2D eigenvalue weighted by Gasteiger charge is 2.18. The lowest BCUT2D eigenvalue weighted by atomic mass is 10.0. The van der Waals surface area contributed by atoms with E-state index in [1.807, 2.05) is 18.5 Å². The fraction of sp³-hybridized carbons (Fsp3) is 0.615. The normalized spacial score (nSPS) is 20.9. The van der Waals surface area contributed by atoms with Crippen LogP contribution in [-0.4, -0.2) is 36.1 Å². The summed E-state index contributed by atoms with van der Waals surface area (Å²) in [4.78, 5) is 6.56. The second kappa shape index (κ2) is 5.41. The molecule has 0 amide bonds. The quantitative estimate of drug-likeness (QED) is 0.840. The van der Waals surface area contributed by atoms with E-state index < -0.39 is 0 Å². The van der Waals surface area contributed by atoms with Crippen molar-refractivity contribution in [2.24, 2.45) is 0 Å². The number of hydrogen-bond donors (Lipinski definition) is 1. The molecule has 2 rings (SSSR count). The van der Waals surface area contributed by atoms with Gasteiger partial charge < -0.3 is 10.2 Å². The van der Waals surface area contributed by atoms with Gasteiger partial charge in [-0.15, -0.1) is 0 Å². The van der Waals surface area contributed by atoms with Gasteiger partial charge in [-0.2, -0.15) is 0 Å². The van der Waals surface area contributed by atoms with Crippen molar-refractivity contribution in [2.45, 2.75) is 31.8 Å². The predicted molar refractivity (Wildman–Crippen MR) is 66.3 cm³/mol. The van der Waals surface area contributed by atoms with E-state index in [2.05, 4.69) is 35.2 Å². The Morgan fingerprint density at radius 3 is 2.81 bits per heavy atom. The van der Waals surface area contributed by atoms with Crippen LogP contribution in [0.1, 0.15) is 31.4 Å². The molecular formula is C13H21N3. The molecule has 1 aliphatic heterocycles. The summed E-state index contributed by atoms with van der Waals surface area (Å²) in [7, 11) is 2.20. The van der Waals surface area contributed by atoms with E-state index >= 15 is 0 Å². The molecule has 3 nitrogen and oxygen atoms in total. The van der Waals surface area contributed by atoms with Gasteiger partial charge in [0, 0.05) is 24.5 Å². The standard InChI is InChI=1S/C13H21N3/c1-11(12-4-3-7-14-10-12)15-13-5-8-16(2)9-6-13/h3-4,7,10-11,13,15H,5-6,8-9H2,1-2H3/t11-/m0/s1. The van der Waals surface area contributed by atoms with Crippen LogP contribution in [0.3, 0.4) is 0 Å². The lowest BCUT2D eigenvalue weighted by molar-refractivity contribution is 0.226. The molecule has 0 aliphatic carbocycles. The van der Waals surface area contributed by atoms with Gasteiger partial charge in [-0.25, -0.2) is 0 Å². The fourth-order valence-corrected chi connectivity index (χ4v) is 2.26. The van der Waals surface area contributed by atoms with Gasteiger partial charge in [0.25, 0.3) is 0 Å². The number of pyridine rings is 1. The molecule has 3 heteroatoms. The van der Waals surface area contributed by atoms with Gasteiger partial charge >= 0.3 is 0 Å². The molecule has 88 valence electrons. The molecule has 1 aromatic rings. The first-order valence-corrected chi connectivity index (χ1v) is 6.10.